The van der Waals surface area contributed by atoms with Gasteiger partial charge in [0, 0.05) is 85.6 Å². The van der Waals surface area contributed by atoms with Crippen LogP contribution in [0.15, 0.2) is 146 Å². The minimum absolute atomic E-state index is 0.0395. The number of pyridine rings is 3. The number of rotatable bonds is 16. The summed E-state index contributed by atoms with van der Waals surface area (Å²) in [4.78, 5) is 121. The number of nitrogens with zero attached hydrogens (tertiary/aromatic N) is 5. The number of aliphatic hydroxyl groups excluding tert-OH is 2. The van der Waals surface area contributed by atoms with Crippen molar-refractivity contribution < 1.29 is 106 Å². The highest BCUT2D eigenvalue weighted by molar-refractivity contribution is 6.12. The van der Waals surface area contributed by atoms with E-state index in [2.05, 4.69) is 30.9 Å². The lowest BCUT2D eigenvalue weighted by Gasteiger charge is -2.24. The van der Waals surface area contributed by atoms with Crippen LogP contribution in [0.2, 0.25) is 0 Å². The van der Waals surface area contributed by atoms with Gasteiger partial charge < -0.3 is 85.4 Å². The van der Waals surface area contributed by atoms with Gasteiger partial charge >= 0.3 is 30.1 Å². The third-order valence-corrected chi connectivity index (χ3v) is 14.9. The third kappa shape index (κ3) is 23.5. The maximum absolute atomic E-state index is 14.5. The number of hydrogen-bond acceptors (Lipinski definition) is 23. The largest absolute Gasteiger partial charge is 0.507 e. The zero-order valence-corrected chi connectivity index (χ0v) is 57.7. The Balaban J connectivity index is 0.000000215. The van der Waals surface area contributed by atoms with E-state index in [-0.39, 0.29) is 94.7 Å². The number of carboxylic acids is 2. The van der Waals surface area contributed by atoms with Crippen molar-refractivity contribution in [2.24, 2.45) is 5.73 Å². The number of likely N-dealkylation sites (tertiary alicyclic amines) is 2. The minimum atomic E-state index is -1.11. The molecular weight excluding hydrogens is 1350 g/mol. The van der Waals surface area contributed by atoms with Gasteiger partial charge in [0.2, 0.25) is 0 Å². The number of halogens is 2. The highest BCUT2D eigenvalue weighted by atomic mass is 19.1. The highest BCUT2D eigenvalue weighted by Crippen LogP contribution is 2.33. The fourth-order valence-electron chi connectivity index (χ4n) is 9.74. The summed E-state index contributed by atoms with van der Waals surface area (Å²) in [5.74, 6) is -7.11. The van der Waals surface area contributed by atoms with Gasteiger partial charge in [-0.2, -0.15) is 0 Å². The summed E-state index contributed by atoms with van der Waals surface area (Å²) < 4.78 is 60.0. The van der Waals surface area contributed by atoms with Crippen LogP contribution < -0.4 is 35.9 Å². The first-order valence-corrected chi connectivity index (χ1v) is 31.9. The molecule has 10 N–H and O–H groups in total. The zero-order valence-electron chi connectivity index (χ0n) is 57.7. The number of aromatic carboxylic acids is 2. The standard InChI is InChI=1S/C25H22FN3O6.C17H15FO5.C15H21N3O4.C9H18N2O3.C6H5NO2/c1-34-19-7-6-18(30)21(22(19)26)23(31)14-2-4-16(5-3-14)25(33)35-20-13-28-12-17(20)29-24(32)15-8-10-27-11-9-15;1-3-23-12-8-9-13(22-2)15(18)14(12)16(19)10-4-6-11(7-5-10)17(20)21;1-15(2,3)22-14(21)18-8-11(12(19)9-18)17-13(20)10-4-6-16-7-5-10;1-9(2,3)14-8(13)11-4-6(10)7(12)5-11;8-6(9)5-1-3-7-4-2-5/h2-11,17,20,28,30H,12-13H2,1H3,(H,29,32);4-9H,3H2,1-2H3,(H,20,21);4-7,11-12,19H,8-9H2,1-3H3,(H,17,20);6-7,12H,4-5,10H2,1-3H3;1-4H,(H,8,9)/t17-,20-;;11-,12-;6-,7-;/m1.11./s1. The van der Waals surface area contributed by atoms with Gasteiger partial charge in [-0.25, -0.2) is 32.8 Å². The molecule has 3 aromatic heterocycles. The van der Waals surface area contributed by atoms with Gasteiger partial charge in [0.25, 0.3) is 11.8 Å². The maximum Gasteiger partial charge on any atom is 0.410 e. The number of carboxylic acid groups (broad SMARTS) is 2. The van der Waals surface area contributed by atoms with Crippen LogP contribution >= 0.6 is 0 Å². The van der Waals surface area contributed by atoms with E-state index in [1.165, 1.54) is 146 Å². The van der Waals surface area contributed by atoms with E-state index < -0.39 is 106 Å². The molecule has 4 amide bonds. The third-order valence-electron chi connectivity index (χ3n) is 14.9. The number of phenols is 1. The quantitative estimate of drug-likeness (QED) is 0.0274. The molecule has 3 fully saturated rings. The predicted molar refractivity (Wildman–Crippen MR) is 365 cm³/mol. The molecule has 103 heavy (non-hydrogen) atoms. The molecule has 0 aliphatic carbocycles. The smallest absolute Gasteiger partial charge is 0.410 e. The lowest BCUT2D eigenvalue weighted by molar-refractivity contribution is 0.0261. The number of ether oxygens (including phenoxy) is 6. The lowest BCUT2D eigenvalue weighted by atomic mass is 10.00. The van der Waals surface area contributed by atoms with Crippen LogP contribution in [0.5, 0.6) is 23.0 Å². The summed E-state index contributed by atoms with van der Waals surface area (Å²) in [5, 5.41) is 55.2. The van der Waals surface area contributed by atoms with E-state index in [1.54, 1.807) is 72.7 Å². The van der Waals surface area contributed by atoms with E-state index in [9.17, 15) is 67.3 Å². The molecule has 3 saturated heterocycles. The number of carbonyl (C=O) groups excluding carboxylic acids is 7. The second-order valence-corrected chi connectivity index (χ2v) is 24.8. The van der Waals surface area contributed by atoms with Crippen molar-refractivity contribution in [1.29, 1.82) is 0 Å². The number of amides is 4. The van der Waals surface area contributed by atoms with Gasteiger partial charge in [-0.15, -0.1) is 0 Å². The van der Waals surface area contributed by atoms with E-state index in [0.717, 1.165) is 0 Å². The van der Waals surface area contributed by atoms with E-state index in [4.69, 9.17) is 44.4 Å². The minimum Gasteiger partial charge on any atom is -0.507 e. The molecule has 0 unspecified atom stereocenters. The number of nitrogens with two attached hydrogens (primary N) is 1. The van der Waals surface area contributed by atoms with Gasteiger partial charge in [-0.1, -0.05) is 24.3 Å². The van der Waals surface area contributed by atoms with Crippen LogP contribution in [0.25, 0.3) is 0 Å². The monoisotopic (exact) mass is 1430 g/mol. The van der Waals surface area contributed by atoms with Crippen molar-refractivity contribution in [2.45, 2.75) is 96.1 Å². The molecule has 29 nitrogen and oxygen atoms in total. The van der Waals surface area contributed by atoms with Crippen LogP contribution in [0.3, 0.4) is 0 Å². The molecule has 548 valence electrons. The number of aromatic hydroxyl groups is 1. The molecule has 31 heteroatoms. The summed E-state index contributed by atoms with van der Waals surface area (Å²) in [6.07, 6.45) is 6.00. The summed E-state index contributed by atoms with van der Waals surface area (Å²) in [6.45, 7) is 14.5. The van der Waals surface area contributed by atoms with Crippen molar-refractivity contribution in [3.05, 3.63) is 208 Å². The highest BCUT2D eigenvalue weighted by Gasteiger charge is 2.38. The molecule has 10 rings (SSSR count). The Hall–Kier alpha value is -11.5. The molecule has 3 aliphatic heterocycles. The van der Waals surface area contributed by atoms with Gasteiger partial charge in [-0.3, -0.25) is 34.1 Å². The number of β-amino-alcohol motifs (C(OH)–C–C–N with tert-alkyl or cyclic N) is 2. The number of aliphatic hydroxyl groups is 2. The fraction of sp³-hybridized carbons (Fsp3) is 0.333. The van der Waals surface area contributed by atoms with Gasteiger partial charge in [-0.05, 0) is 133 Å². The van der Waals surface area contributed by atoms with Crippen molar-refractivity contribution in [3.63, 3.8) is 0 Å². The van der Waals surface area contributed by atoms with Crippen molar-refractivity contribution in [3.8, 4) is 23.0 Å². The van der Waals surface area contributed by atoms with Crippen LogP contribution in [0.4, 0.5) is 18.4 Å². The van der Waals surface area contributed by atoms with Crippen LogP contribution in [0, 0.1) is 11.6 Å². The lowest BCUT2D eigenvalue weighted by Crippen LogP contribution is -2.44. The Labute approximate surface area is 590 Å². The van der Waals surface area contributed by atoms with Crippen LogP contribution in [-0.2, 0) is 14.2 Å². The van der Waals surface area contributed by atoms with Crippen molar-refractivity contribution >= 4 is 53.5 Å². The Morgan fingerprint density at radius 1 is 0.524 bits per heavy atom. The average Bonchev–Trinajstić information content (AvgIpc) is 1.74. The summed E-state index contributed by atoms with van der Waals surface area (Å²) >= 11 is 0. The average molecular weight is 1430 g/mol. The summed E-state index contributed by atoms with van der Waals surface area (Å²) in [6, 6.07) is 23.8. The Kier molecular flexibility index (Phi) is 29.1. The number of benzene rings is 4. The SMILES string of the molecule is CC(C)(C)OC(=O)N1C[C@@H](N)[C@H](O)C1.CC(C)(C)OC(=O)N1C[C@@H](O)[C@H](NC(=O)c2ccncc2)C1.CCOc1ccc(OC)c(F)c1C(=O)c1ccc(C(=O)O)cc1.COc1ccc(O)c(C(=O)c2ccc(C(=O)O[C@@H]3CNC[C@H]3NC(=O)c3ccncc3)cc2)c1F.O=C(O)c1ccncc1. The molecule has 6 heterocycles. The Bertz CT molecular complexity index is 4070. The number of esters is 1. The number of ketones is 2. The number of hydrogen-bond donors (Lipinski definition) is 9. The summed E-state index contributed by atoms with van der Waals surface area (Å²) in [5.41, 5.74) is 5.30. The normalized spacial score (nSPS) is 17.2. The predicted octanol–water partition coefficient (Wildman–Crippen LogP) is 6.75. The Morgan fingerprint density at radius 2 is 0.922 bits per heavy atom. The second kappa shape index (κ2) is 37.2. The molecule has 7 aromatic rings. The molecular formula is C72H81F2N9O20. The molecule has 0 spiro atoms. The second-order valence-electron chi connectivity index (χ2n) is 24.8. The number of nitrogens with one attached hydrogen (secondary N) is 3. The van der Waals surface area contributed by atoms with Gasteiger partial charge in [0.05, 0.1) is 80.9 Å². The molecule has 6 atom stereocenters. The molecule has 0 radical (unpaired) electrons. The summed E-state index contributed by atoms with van der Waals surface area (Å²) in [7, 11) is 2.55. The number of phenolic OH excluding ortho intramolecular Hbond substituents is 1. The van der Waals surface area contributed by atoms with Crippen molar-refractivity contribution in [2.75, 3.05) is 60.1 Å². The van der Waals surface area contributed by atoms with E-state index >= 15 is 0 Å². The zero-order chi connectivity index (χ0) is 75.9. The van der Waals surface area contributed by atoms with Crippen LogP contribution in [0.1, 0.15) is 132 Å². The molecule has 0 saturated carbocycles. The van der Waals surface area contributed by atoms with Gasteiger partial charge in [0.1, 0.15) is 39.9 Å². The molecule has 3 aliphatic rings. The first kappa shape index (κ1) is 80.4. The van der Waals surface area contributed by atoms with E-state index in [0.29, 0.717) is 30.8 Å². The number of carbonyl (C=O) groups is 9. The van der Waals surface area contributed by atoms with E-state index in [1.807, 2.05) is 0 Å². The van der Waals surface area contributed by atoms with Crippen molar-refractivity contribution in [1.82, 2.24) is 40.7 Å². The van der Waals surface area contributed by atoms with Crippen LogP contribution in [-0.4, -0.2) is 211 Å². The first-order chi connectivity index (χ1) is 48.7. The topological polar surface area (TPSA) is 417 Å². The Morgan fingerprint density at radius 3 is 1.36 bits per heavy atom. The molecule has 4 aromatic carbocycles. The van der Waals surface area contributed by atoms with Gasteiger partial charge in [0.15, 0.2) is 34.7 Å². The fourth-order valence-corrected chi connectivity index (χ4v) is 9.74. The first-order valence-electron chi connectivity index (χ1n) is 31.9. The number of aromatic nitrogens is 3. The number of methoxy groups -OCH3 is 2. The maximum atomic E-state index is 14.5. The molecule has 0 bridgehead atoms.